The Morgan fingerprint density at radius 1 is 1.21 bits per heavy atom. The van der Waals surface area contributed by atoms with E-state index in [1.54, 1.807) is 36.6 Å². The van der Waals surface area contributed by atoms with Crippen LogP contribution >= 0.6 is 0 Å². The van der Waals surface area contributed by atoms with Crippen LogP contribution in [0.15, 0.2) is 57.9 Å². The number of carbonyl (C=O) groups excluding carboxylic acids is 2. The Balaban J connectivity index is 1.62. The van der Waals surface area contributed by atoms with E-state index < -0.39 is 11.5 Å². The van der Waals surface area contributed by atoms with E-state index in [-0.39, 0.29) is 23.7 Å². The average molecular weight is 392 g/mol. The number of anilines is 1. The van der Waals surface area contributed by atoms with Gasteiger partial charge in [-0.05, 0) is 43.7 Å². The molecule has 0 radical (unpaired) electrons. The molecule has 0 spiro atoms. The summed E-state index contributed by atoms with van der Waals surface area (Å²) in [4.78, 5) is 40.6. The topological polar surface area (TPSA) is 101 Å². The van der Waals surface area contributed by atoms with Crippen molar-refractivity contribution < 1.29 is 18.7 Å². The van der Waals surface area contributed by atoms with Crippen LogP contribution in [-0.4, -0.2) is 23.3 Å². The molecule has 2 N–H and O–H groups in total. The maximum Gasteiger partial charge on any atom is 0.261 e. The molecule has 2 aromatic heterocycles. The zero-order chi connectivity index (χ0) is 20.4. The number of benzene rings is 1. The third-order valence-electron chi connectivity index (χ3n) is 4.93. The van der Waals surface area contributed by atoms with Crippen molar-refractivity contribution >= 4 is 17.4 Å². The lowest BCUT2D eigenvalue weighted by molar-refractivity contribution is 0.0959. The number of hydrogen-bond acceptors (Lipinski definition) is 5. The third-order valence-corrected chi connectivity index (χ3v) is 4.93. The summed E-state index contributed by atoms with van der Waals surface area (Å²) in [6, 6.07) is 11.9. The van der Waals surface area contributed by atoms with Crippen molar-refractivity contribution in [3.05, 3.63) is 81.7 Å². The Labute approximate surface area is 166 Å². The van der Waals surface area contributed by atoms with Crippen LogP contribution in [0.3, 0.4) is 0 Å². The largest absolute Gasteiger partial charge is 0.492 e. The number of ether oxygens (including phenoxy) is 1. The highest BCUT2D eigenvalue weighted by Crippen LogP contribution is 2.32. The predicted octanol–water partition coefficient (Wildman–Crippen LogP) is 3.53. The molecule has 1 aliphatic carbocycles. The van der Waals surface area contributed by atoms with Gasteiger partial charge in [-0.25, -0.2) is 0 Å². The lowest BCUT2D eigenvalue weighted by Gasteiger charge is -2.22. The number of aromatic amines is 1. The number of ketones is 1. The Kier molecular flexibility index (Phi) is 5.03. The van der Waals surface area contributed by atoms with Crippen LogP contribution in [0.1, 0.15) is 51.4 Å². The van der Waals surface area contributed by atoms with E-state index in [1.165, 1.54) is 6.07 Å². The number of Topliss-reactive ketones (excluding diaryl/α,β-unsaturated/α-hetero) is 1. The lowest BCUT2D eigenvalue weighted by Crippen LogP contribution is -2.29. The van der Waals surface area contributed by atoms with Gasteiger partial charge in [0.25, 0.3) is 11.5 Å². The van der Waals surface area contributed by atoms with Crippen molar-refractivity contribution in [1.82, 2.24) is 4.98 Å². The quantitative estimate of drug-likeness (QED) is 0.692. The molecule has 3 aromatic rings. The molecule has 1 unspecified atom stereocenters. The summed E-state index contributed by atoms with van der Waals surface area (Å²) in [6.45, 7) is 2.28. The van der Waals surface area contributed by atoms with Gasteiger partial charge in [0.05, 0.1) is 18.6 Å². The van der Waals surface area contributed by atoms with Crippen molar-refractivity contribution in [2.24, 2.45) is 0 Å². The van der Waals surface area contributed by atoms with E-state index in [2.05, 4.69) is 10.3 Å². The van der Waals surface area contributed by atoms with E-state index >= 15 is 0 Å². The van der Waals surface area contributed by atoms with Gasteiger partial charge in [0.1, 0.15) is 17.1 Å². The summed E-state index contributed by atoms with van der Waals surface area (Å²) in [5.74, 6) is 0.363. The van der Waals surface area contributed by atoms with Gasteiger partial charge < -0.3 is 19.5 Å². The maximum atomic E-state index is 12.7. The fourth-order valence-corrected chi connectivity index (χ4v) is 3.57. The molecule has 1 atom stereocenters. The second-order valence-corrected chi connectivity index (χ2v) is 6.83. The number of nitrogens with one attached hydrogen (secondary N) is 2. The normalized spacial score (nSPS) is 15.6. The van der Waals surface area contributed by atoms with Crippen LogP contribution in [0.4, 0.5) is 5.69 Å². The monoisotopic (exact) mass is 392 g/mol. The number of rotatable bonds is 5. The first-order valence-corrected chi connectivity index (χ1v) is 9.42. The number of aromatic nitrogens is 1. The smallest absolute Gasteiger partial charge is 0.261 e. The molecule has 0 bridgehead atoms. The molecule has 29 heavy (non-hydrogen) atoms. The van der Waals surface area contributed by atoms with Crippen LogP contribution in [0.25, 0.3) is 0 Å². The number of H-pyrrole nitrogens is 1. The number of amides is 1. The van der Waals surface area contributed by atoms with Crippen LogP contribution in [0, 0.1) is 0 Å². The van der Waals surface area contributed by atoms with E-state index in [4.69, 9.17) is 9.15 Å². The summed E-state index contributed by atoms with van der Waals surface area (Å²) in [5, 5.41) is 2.70. The molecule has 4 rings (SSSR count). The first kappa shape index (κ1) is 18.7. The minimum absolute atomic E-state index is 0.111. The summed E-state index contributed by atoms with van der Waals surface area (Å²) in [6.07, 6.45) is 2.30. The van der Waals surface area contributed by atoms with E-state index in [1.807, 2.05) is 13.0 Å². The molecule has 2 heterocycles. The van der Waals surface area contributed by atoms with Gasteiger partial charge >= 0.3 is 0 Å². The van der Waals surface area contributed by atoms with Crippen molar-refractivity contribution in [2.75, 3.05) is 11.9 Å². The average Bonchev–Trinajstić information content (AvgIpc) is 3.24. The first-order valence-electron chi connectivity index (χ1n) is 9.42. The second kappa shape index (κ2) is 7.79. The highest BCUT2D eigenvalue weighted by molar-refractivity contribution is 6.07. The molecular formula is C22H20N2O5. The minimum atomic E-state index is -0.595. The molecule has 148 valence electrons. The molecule has 0 fully saturated rings. The van der Waals surface area contributed by atoms with Crippen molar-refractivity contribution in [3.8, 4) is 5.75 Å². The van der Waals surface area contributed by atoms with Crippen molar-refractivity contribution in [2.45, 2.75) is 25.7 Å². The highest BCUT2D eigenvalue weighted by Gasteiger charge is 2.30. The number of hydrogen-bond donors (Lipinski definition) is 2. The van der Waals surface area contributed by atoms with Crippen LogP contribution in [0.2, 0.25) is 0 Å². The number of pyridine rings is 1. The molecule has 0 aliphatic heterocycles. The number of fused-ring (bicyclic) bond motifs is 1. The lowest BCUT2D eigenvalue weighted by atomic mass is 9.84. The molecule has 1 aromatic carbocycles. The van der Waals surface area contributed by atoms with Gasteiger partial charge in [-0.2, -0.15) is 0 Å². The third kappa shape index (κ3) is 3.71. The number of para-hydroxylation sites is 2. The SMILES string of the molecule is CCOc1ccccc1NC(=O)c1cc2c([nH]c1=O)CC(c1ccco1)CC2=O. The highest BCUT2D eigenvalue weighted by atomic mass is 16.5. The van der Waals surface area contributed by atoms with Crippen molar-refractivity contribution in [1.29, 1.82) is 0 Å². The molecule has 0 saturated heterocycles. The Morgan fingerprint density at radius 2 is 2.03 bits per heavy atom. The van der Waals surface area contributed by atoms with Crippen LogP contribution in [0.5, 0.6) is 5.75 Å². The molecule has 1 amide bonds. The second-order valence-electron chi connectivity index (χ2n) is 6.83. The van der Waals surface area contributed by atoms with Gasteiger partial charge in [0.15, 0.2) is 5.78 Å². The predicted molar refractivity (Wildman–Crippen MR) is 107 cm³/mol. The Bertz CT molecular complexity index is 1110. The zero-order valence-electron chi connectivity index (χ0n) is 15.9. The van der Waals surface area contributed by atoms with Gasteiger partial charge in [-0.3, -0.25) is 14.4 Å². The first-order chi connectivity index (χ1) is 14.1. The van der Waals surface area contributed by atoms with Gasteiger partial charge in [0, 0.05) is 23.6 Å². The summed E-state index contributed by atoms with van der Waals surface area (Å²) in [5.41, 5.74) is 0.707. The van der Waals surface area contributed by atoms with Gasteiger partial charge in [-0.1, -0.05) is 12.1 Å². The van der Waals surface area contributed by atoms with Crippen LogP contribution in [-0.2, 0) is 6.42 Å². The molecule has 0 saturated carbocycles. The van der Waals surface area contributed by atoms with E-state index in [0.717, 1.165) is 0 Å². The molecule has 7 heteroatoms. The molecular weight excluding hydrogens is 372 g/mol. The number of carbonyl (C=O) groups is 2. The summed E-state index contributed by atoms with van der Waals surface area (Å²) in [7, 11) is 0. The minimum Gasteiger partial charge on any atom is -0.492 e. The van der Waals surface area contributed by atoms with Gasteiger partial charge in [0.2, 0.25) is 0 Å². The molecule has 1 aliphatic rings. The Morgan fingerprint density at radius 3 is 2.79 bits per heavy atom. The van der Waals surface area contributed by atoms with Gasteiger partial charge in [-0.15, -0.1) is 0 Å². The fraction of sp³-hybridized carbons (Fsp3) is 0.227. The standard InChI is InChI=1S/C22H20N2O5/c1-2-28-20-7-4-3-6-16(20)23-21(26)15-12-14-17(24-22(15)27)10-13(11-18(14)25)19-8-5-9-29-19/h3-9,12-13H,2,10-11H2,1H3,(H,23,26)(H,24,27). The maximum absolute atomic E-state index is 12.7. The van der Waals surface area contributed by atoms with Crippen molar-refractivity contribution in [3.63, 3.8) is 0 Å². The van der Waals surface area contributed by atoms with Crippen LogP contribution < -0.4 is 15.6 Å². The number of furan rings is 1. The zero-order valence-corrected chi connectivity index (χ0v) is 15.9. The summed E-state index contributed by atoms with van der Waals surface area (Å²) < 4.78 is 10.9. The van der Waals surface area contributed by atoms with E-state index in [0.29, 0.717) is 41.5 Å². The van der Waals surface area contributed by atoms with E-state index in [9.17, 15) is 14.4 Å². The molecule has 7 nitrogen and oxygen atoms in total. The Hall–Kier alpha value is -3.61. The summed E-state index contributed by atoms with van der Waals surface area (Å²) >= 11 is 0. The fourth-order valence-electron chi connectivity index (χ4n) is 3.57.